The quantitative estimate of drug-likeness (QED) is 0.638. The van der Waals surface area contributed by atoms with Crippen molar-refractivity contribution in [1.29, 1.82) is 0 Å². The SMILES string of the molecule is CNC(=O)c1cc(OC[C@]2(O)CCN(c3c(F)cc(Cl)cc3F)C[C@H]2O)ccc1Cl. The van der Waals surface area contributed by atoms with Crippen LogP contribution in [0.25, 0.3) is 0 Å². The first-order chi connectivity index (χ1) is 14.1. The van der Waals surface area contributed by atoms with Gasteiger partial charge in [0.25, 0.3) is 5.91 Å². The zero-order valence-corrected chi connectivity index (χ0v) is 17.5. The van der Waals surface area contributed by atoms with Crippen LogP contribution in [0.5, 0.6) is 5.75 Å². The largest absolute Gasteiger partial charge is 0.490 e. The number of ether oxygens (including phenoxy) is 1. The molecule has 2 atom stereocenters. The summed E-state index contributed by atoms with van der Waals surface area (Å²) in [4.78, 5) is 13.2. The van der Waals surface area contributed by atoms with Gasteiger partial charge < -0.3 is 25.2 Å². The second-order valence-corrected chi connectivity index (χ2v) is 7.89. The predicted molar refractivity (Wildman–Crippen MR) is 109 cm³/mol. The minimum atomic E-state index is -1.65. The van der Waals surface area contributed by atoms with Crippen molar-refractivity contribution in [2.45, 2.75) is 18.1 Å². The molecule has 1 saturated heterocycles. The molecule has 0 saturated carbocycles. The van der Waals surface area contributed by atoms with Crippen LogP contribution in [-0.2, 0) is 0 Å². The Morgan fingerprint density at radius 1 is 1.30 bits per heavy atom. The molecular weight excluding hydrogens is 441 g/mol. The van der Waals surface area contributed by atoms with Gasteiger partial charge in [-0.3, -0.25) is 4.79 Å². The Morgan fingerprint density at radius 2 is 1.97 bits per heavy atom. The van der Waals surface area contributed by atoms with Crippen molar-refractivity contribution in [3.05, 3.63) is 57.6 Å². The lowest BCUT2D eigenvalue weighted by atomic mass is 9.89. The minimum Gasteiger partial charge on any atom is -0.490 e. The average Bonchev–Trinajstić information content (AvgIpc) is 2.69. The van der Waals surface area contributed by atoms with Gasteiger partial charge in [0, 0.05) is 25.2 Å². The second kappa shape index (κ2) is 8.93. The fraction of sp³-hybridized carbons (Fsp3) is 0.350. The molecule has 1 aliphatic heterocycles. The van der Waals surface area contributed by atoms with Crippen LogP contribution in [-0.4, -0.2) is 54.6 Å². The molecule has 0 spiro atoms. The normalized spacial score (nSPS) is 21.4. The first kappa shape index (κ1) is 22.6. The first-order valence-electron chi connectivity index (χ1n) is 9.09. The molecule has 1 heterocycles. The third-order valence-corrected chi connectivity index (χ3v) is 5.57. The number of nitrogens with one attached hydrogen (secondary N) is 1. The molecule has 1 amide bonds. The van der Waals surface area contributed by atoms with Crippen molar-refractivity contribution in [3.8, 4) is 5.75 Å². The molecular formula is C20H20Cl2F2N2O4. The van der Waals surface area contributed by atoms with Crippen LogP contribution in [0.2, 0.25) is 10.0 Å². The van der Waals surface area contributed by atoms with Gasteiger partial charge in [0.1, 0.15) is 29.7 Å². The first-order valence-corrected chi connectivity index (χ1v) is 9.84. The van der Waals surface area contributed by atoms with Crippen LogP contribution in [0.1, 0.15) is 16.8 Å². The lowest BCUT2D eigenvalue weighted by molar-refractivity contribution is -0.108. The van der Waals surface area contributed by atoms with Gasteiger partial charge in [-0.2, -0.15) is 0 Å². The molecule has 6 nitrogen and oxygen atoms in total. The van der Waals surface area contributed by atoms with Gasteiger partial charge in [-0.15, -0.1) is 0 Å². The number of aliphatic hydroxyl groups is 2. The van der Waals surface area contributed by atoms with E-state index >= 15 is 0 Å². The fourth-order valence-electron chi connectivity index (χ4n) is 3.28. The maximum absolute atomic E-state index is 14.2. The van der Waals surface area contributed by atoms with Gasteiger partial charge >= 0.3 is 0 Å². The van der Waals surface area contributed by atoms with Crippen molar-refractivity contribution >= 4 is 34.8 Å². The van der Waals surface area contributed by atoms with Gasteiger partial charge in [0.2, 0.25) is 0 Å². The van der Waals surface area contributed by atoms with E-state index in [9.17, 15) is 23.8 Å². The molecule has 2 aromatic rings. The molecule has 0 radical (unpaired) electrons. The number of rotatable bonds is 5. The zero-order valence-electron chi connectivity index (χ0n) is 16.0. The summed E-state index contributed by atoms with van der Waals surface area (Å²) in [7, 11) is 1.46. The average molecular weight is 461 g/mol. The van der Waals surface area contributed by atoms with E-state index in [2.05, 4.69) is 5.32 Å². The van der Waals surface area contributed by atoms with Crippen molar-refractivity contribution < 1.29 is 28.5 Å². The van der Waals surface area contributed by atoms with Crippen LogP contribution >= 0.6 is 23.2 Å². The van der Waals surface area contributed by atoms with Crippen LogP contribution in [0.4, 0.5) is 14.5 Å². The van der Waals surface area contributed by atoms with Gasteiger partial charge in [0.15, 0.2) is 11.6 Å². The number of benzene rings is 2. The number of aliphatic hydroxyl groups excluding tert-OH is 1. The van der Waals surface area contributed by atoms with E-state index in [0.717, 1.165) is 12.1 Å². The number of β-amino-alcohol motifs (C(OH)–C–C–N with tert-alkyl or cyclic N) is 1. The second-order valence-electron chi connectivity index (χ2n) is 7.04. The summed E-state index contributed by atoms with van der Waals surface area (Å²) < 4.78 is 33.9. The summed E-state index contributed by atoms with van der Waals surface area (Å²) in [5, 5.41) is 23.9. The highest BCUT2D eigenvalue weighted by molar-refractivity contribution is 6.33. The third-order valence-electron chi connectivity index (χ3n) is 5.02. The van der Waals surface area contributed by atoms with E-state index < -0.39 is 29.2 Å². The highest BCUT2D eigenvalue weighted by atomic mass is 35.5. The zero-order chi connectivity index (χ0) is 22.1. The monoisotopic (exact) mass is 460 g/mol. The lowest BCUT2D eigenvalue weighted by Crippen LogP contribution is -2.58. The van der Waals surface area contributed by atoms with Crippen molar-refractivity contribution in [1.82, 2.24) is 5.32 Å². The number of hydrogen-bond donors (Lipinski definition) is 3. The molecule has 1 aliphatic rings. The highest BCUT2D eigenvalue weighted by Crippen LogP contribution is 2.33. The van der Waals surface area contributed by atoms with Crippen molar-refractivity contribution in [2.24, 2.45) is 0 Å². The molecule has 0 aromatic heterocycles. The molecule has 10 heteroatoms. The molecule has 2 aromatic carbocycles. The summed E-state index contributed by atoms with van der Waals surface area (Å²) in [5.41, 5.74) is -1.76. The summed E-state index contributed by atoms with van der Waals surface area (Å²) in [6, 6.07) is 6.40. The summed E-state index contributed by atoms with van der Waals surface area (Å²) >= 11 is 11.6. The number of hydrogen-bond acceptors (Lipinski definition) is 5. The van der Waals surface area contributed by atoms with Gasteiger partial charge in [0.05, 0.1) is 10.6 Å². The Morgan fingerprint density at radius 3 is 2.57 bits per heavy atom. The van der Waals surface area contributed by atoms with Gasteiger partial charge in [-0.05, 0) is 36.8 Å². The predicted octanol–water partition coefficient (Wildman–Crippen LogP) is 3.01. The smallest absolute Gasteiger partial charge is 0.252 e. The molecule has 1 fully saturated rings. The minimum absolute atomic E-state index is 0.00837. The number of carbonyl (C=O) groups excluding carboxylic acids is 1. The molecule has 0 aliphatic carbocycles. The molecule has 3 N–H and O–H groups in total. The van der Waals surface area contributed by atoms with E-state index in [0.29, 0.717) is 0 Å². The summed E-state index contributed by atoms with van der Waals surface area (Å²) in [6.07, 6.45) is -1.35. The maximum atomic E-state index is 14.2. The van der Waals surface area contributed by atoms with Crippen LogP contribution in [0.15, 0.2) is 30.3 Å². The van der Waals surface area contributed by atoms with Crippen LogP contribution in [0, 0.1) is 11.6 Å². The molecule has 3 rings (SSSR count). The maximum Gasteiger partial charge on any atom is 0.252 e. The number of piperidine rings is 1. The number of nitrogens with zero attached hydrogens (tertiary/aromatic N) is 1. The van der Waals surface area contributed by atoms with E-state index in [-0.39, 0.29) is 53.2 Å². The lowest BCUT2D eigenvalue weighted by Gasteiger charge is -2.42. The van der Waals surface area contributed by atoms with E-state index in [1.54, 1.807) is 0 Å². The Kier molecular flexibility index (Phi) is 6.71. The topological polar surface area (TPSA) is 82.0 Å². The standard InChI is InChI=1S/C20H20Cl2F2N2O4/c1-25-19(28)13-8-12(2-3-14(13)22)30-10-20(29)4-5-26(9-17(20)27)18-15(23)6-11(21)7-16(18)24/h2-3,6-8,17,27,29H,4-5,9-10H2,1H3,(H,25,28)/t17-,20-/m1/s1. The Labute approximate surface area is 182 Å². The van der Waals surface area contributed by atoms with Gasteiger partial charge in [-0.25, -0.2) is 8.78 Å². The van der Waals surface area contributed by atoms with E-state index in [1.807, 2.05) is 0 Å². The number of amides is 1. The van der Waals surface area contributed by atoms with Crippen LogP contribution < -0.4 is 15.0 Å². The highest BCUT2D eigenvalue weighted by Gasteiger charge is 2.42. The third kappa shape index (κ3) is 4.62. The fourth-order valence-corrected chi connectivity index (χ4v) is 3.68. The van der Waals surface area contributed by atoms with E-state index in [4.69, 9.17) is 27.9 Å². The summed E-state index contributed by atoms with van der Waals surface area (Å²) in [6.45, 7) is -0.418. The van der Waals surface area contributed by atoms with Crippen molar-refractivity contribution in [3.63, 3.8) is 0 Å². The number of anilines is 1. The molecule has 30 heavy (non-hydrogen) atoms. The molecule has 0 unspecified atom stereocenters. The summed E-state index contributed by atoms with van der Waals surface area (Å²) in [5.74, 6) is -1.83. The van der Waals surface area contributed by atoms with Gasteiger partial charge in [-0.1, -0.05) is 23.2 Å². The van der Waals surface area contributed by atoms with Crippen LogP contribution in [0.3, 0.4) is 0 Å². The Hall–Kier alpha value is -2.13. The van der Waals surface area contributed by atoms with E-state index in [1.165, 1.54) is 30.1 Å². The number of halogens is 4. The number of carbonyl (C=O) groups is 1. The Bertz CT molecular complexity index is 939. The van der Waals surface area contributed by atoms with Crippen molar-refractivity contribution in [2.75, 3.05) is 31.6 Å². The molecule has 162 valence electrons. The molecule has 0 bridgehead atoms. The Balaban J connectivity index is 1.70.